The topological polar surface area (TPSA) is 76.5 Å². The first-order valence-corrected chi connectivity index (χ1v) is 7.89. The summed E-state index contributed by atoms with van der Waals surface area (Å²) in [6.07, 6.45) is 3.51. The molecule has 3 rings (SSSR count). The number of hydrogen-bond donors (Lipinski definition) is 1. The van der Waals surface area contributed by atoms with Gasteiger partial charge >= 0.3 is 0 Å². The highest BCUT2D eigenvalue weighted by atomic mass is 32.1. The molecule has 0 aromatic carbocycles. The Labute approximate surface area is 121 Å². The van der Waals surface area contributed by atoms with Crippen molar-refractivity contribution < 1.29 is 0 Å². The maximum absolute atomic E-state index is 11.9. The zero-order valence-electron chi connectivity index (χ0n) is 11.4. The molecule has 0 unspecified atom stereocenters. The fraction of sp³-hybridized carbons (Fsp3) is 0.615. The van der Waals surface area contributed by atoms with Crippen molar-refractivity contribution in [2.75, 3.05) is 19.6 Å². The second kappa shape index (κ2) is 5.99. The molecule has 2 N–H and O–H groups in total. The van der Waals surface area contributed by atoms with Crippen LogP contribution in [0.25, 0.3) is 4.96 Å². The van der Waals surface area contributed by atoms with E-state index in [4.69, 9.17) is 5.73 Å². The number of rotatable bonds is 4. The molecule has 6 nitrogen and oxygen atoms in total. The number of nitrogens with two attached hydrogens (primary N) is 1. The normalized spacial score (nSPS) is 17.9. The summed E-state index contributed by atoms with van der Waals surface area (Å²) in [6.45, 7) is 3.66. The monoisotopic (exact) mass is 293 g/mol. The van der Waals surface area contributed by atoms with E-state index in [1.165, 1.54) is 28.7 Å². The van der Waals surface area contributed by atoms with Crippen LogP contribution in [0.5, 0.6) is 0 Å². The summed E-state index contributed by atoms with van der Waals surface area (Å²) >= 11 is 1.39. The van der Waals surface area contributed by atoms with Crippen LogP contribution >= 0.6 is 11.3 Å². The standard InChI is InChI=1S/C13H19N5OS/c14-4-1-10-2-5-17(6-3-10)8-11-7-12(19)18-13(16-11)20-9-15-18/h7,9-10H,1-6,8,14H2. The predicted octanol–water partition coefficient (Wildman–Crippen LogP) is 0.712. The molecule has 20 heavy (non-hydrogen) atoms. The SMILES string of the molecule is NCCC1CCN(Cc2cc(=O)n3ncsc3n2)CC1. The molecule has 2 aromatic rings. The number of hydrogen-bond acceptors (Lipinski definition) is 6. The second-order valence-electron chi connectivity index (χ2n) is 5.32. The van der Waals surface area contributed by atoms with Gasteiger partial charge < -0.3 is 5.73 Å². The Morgan fingerprint density at radius 2 is 2.20 bits per heavy atom. The fourth-order valence-electron chi connectivity index (χ4n) is 2.78. The van der Waals surface area contributed by atoms with Crippen LogP contribution in [-0.4, -0.2) is 39.1 Å². The predicted molar refractivity (Wildman–Crippen MR) is 78.8 cm³/mol. The van der Waals surface area contributed by atoms with Crippen molar-refractivity contribution in [3.05, 3.63) is 27.6 Å². The minimum Gasteiger partial charge on any atom is -0.330 e. The van der Waals surface area contributed by atoms with Gasteiger partial charge in [0.05, 0.1) is 5.69 Å². The van der Waals surface area contributed by atoms with Crippen molar-refractivity contribution in [3.63, 3.8) is 0 Å². The van der Waals surface area contributed by atoms with Gasteiger partial charge in [-0.05, 0) is 44.8 Å². The van der Waals surface area contributed by atoms with Gasteiger partial charge in [-0.25, -0.2) is 4.98 Å². The smallest absolute Gasteiger partial charge is 0.275 e. The Bertz CT molecular complexity index is 629. The van der Waals surface area contributed by atoms with Gasteiger partial charge in [0.15, 0.2) is 0 Å². The molecule has 0 amide bonds. The van der Waals surface area contributed by atoms with Crippen molar-refractivity contribution in [3.8, 4) is 0 Å². The molecule has 7 heteroatoms. The zero-order chi connectivity index (χ0) is 13.9. The van der Waals surface area contributed by atoms with Gasteiger partial charge in [0, 0.05) is 12.6 Å². The number of nitrogens with zero attached hydrogens (tertiary/aromatic N) is 4. The van der Waals surface area contributed by atoms with Crippen LogP contribution in [0.15, 0.2) is 16.4 Å². The van der Waals surface area contributed by atoms with E-state index in [0.717, 1.165) is 44.2 Å². The minimum atomic E-state index is -0.0933. The van der Waals surface area contributed by atoms with E-state index in [9.17, 15) is 4.79 Å². The van der Waals surface area contributed by atoms with E-state index >= 15 is 0 Å². The third-order valence-corrected chi connectivity index (χ3v) is 4.58. The molecule has 0 radical (unpaired) electrons. The van der Waals surface area contributed by atoms with Crippen molar-refractivity contribution in [2.45, 2.75) is 25.8 Å². The summed E-state index contributed by atoms with van der Waals surface area (Å²) in [5, 5.41) is 3.97. The third-order valence-electron chi connectivity index (χ3n) is 3.91. The average Bonchev–Trinajstić information content (AvgIpc) is 2.90. The lowest BCUT2D eigenvalue weighted by Crippen LogP contribution is -2.34. The van der Waals surface area contributed by atoms with E-state index in [2.05, 4.69) is 15.0 Å². The van der Waals surface area contributed by atoms with Crippen LogP contribution in [0.4, 0.5) is 0 Å². The Balaban J connectivity index is 1.66. The van der Waals surface area contributed by atoms with Crippen LogP contribution < -0.4 is 11.3 Å². The first-order valence-electron chi connectivity index (χ1n) is 7.01. The number of fused-ring (bicyclic) bond motifs is 1. The Morgan fingerprint density at radius 3 is 2.95 bits per heavy atom. The van der Waals surface area contributed by atoms with Crippen LogP contribution in [0, 0.1) is 5.92 Å². The maximum atomic E-state index is 11.9. The fourth-order valence-corrected chi connectivity index (χ4v) is 3.42. The molecule has 1 fully saturated rings. The summed E-state index contributed by atoms with van der Waals surface area (Å²) in [5.74, 6) is 0.763. The molecule has 0 aliphatic carbocycles. The molecule has 0 bridgehead atoms. The van der Waals surface area contributed by atoms with Crippen molar-refractivity contribution in [1.29, 1.82) is 0 Å². The van der Waals surface area contributed by atoms with Gasteiger partial charge in [-0.2, -0.15) is 9.61 Å². The molecule has 1 aliphatic heterocycles. The van der Waals surface area contributed by atoms with E-state index in [-0.39, 0.29) is 5.56 Å². The van der Waals surface area contributed by atoms with Crippen molar-refractivity contribution in [1.82, 2.24) is 19.5 Å². The molecule has 0 spiro atoms. The van der Waals surface area contributed by atoms with Gasteiger partial charge in [-0.15, -0.1) is 0 Å². The molecule has 1 saturated heterocycles. The highest BCUT2D eigenvalue weighted by molar-refractivity contribution is 7.14. The van der Waals surface area contributed by atoms with Gasteiger partial charge in [-0.1, -0.05) is 11.3 Å². The van der Waals surface area contributed by atoms with Gasteiger partial charge in [0.2, 0.25) is 4.96 Å². The summed E-state index contributed by atoms with van der Waals surface area (Å²) < 4.78 is 1.35. The molecule has 0 atom stereocenters. The van der Waals surface area contributed by atoms with Gasteiger partial charge in [-0.3, -0.25) is 9.69 Å². The first-order chi connectivity index (χ1) is 9.76. The number of aromatic nitrogens is 3. The first kappa shape index (κ1) is 13.7. The quantitative estimate of drug-likeness (QED) is 0.898. The molecular weight excluding hydrogens is 274 g/mol. The Morgan fingerprint density at radius 1 is 1.40 bits per heavy atom. The zero-order valence-corrected chi connectivity index (χ0v) is 12.2. The third kappa shape index (κ3) is 2.89. The lowest BCUT2D eigenvalue weighted by Gasteiger charge is -2.31. The van der Waals surface area contributed by atoms with E-state index < -0.39 is 0 Å². The largest absolute Gasteiger partial charge is 0.330 e. The van der Waals surface area contributed by atoms with E-state index in [1.54, 1.807) is 11.6 Å². The van der Waals surface area contributed by atoms with Crippen LogP contribution in [0.1, 0.15) is 25.0 Å². The maximum Gasteiger partial charge on any atom is 0.275 e. The number of likely N-dealkylation sites (tertiary alicyclic amines) is 1. The molecule has 0 saturated carbocycles. The molecule has 3 heterocycles. The van der Waals surface area contributed by atoms with Crippen LogP contribution in [-0.2, 0) is 6.54 Å². The minimum absolute atomic E-state index is 0.0933. The lowest BCUT2D eigenvalue weighted by atomic mass is 9.93. The highest BCUT2D eigenvalue weighted by Gasteiger charge is 2.19. The molecule has 1 aliphatic rings. The van der Waals surface area contributed by atoms with Gasteiger partial charge in [0.1, 0.15) is 5.51 Å². The summed E-state index contributed by atoms with van der Waals surface area (Å²) in [5.41, 5.74) is 8.01. The van der Waals surface area contributed by atoms with Crippen molar-refractivity contribution >= 4 is 16.3 Å². The summed E-state index contributed by atoms with van der Waals surface area (Å²) in [4.78, 5) is 19.4. The molecule has 2 aromatic heterocycles. The van der Waals surface area contributed by atoms with E-state index in [0.29, 0.717) is 4.96 Å². The Kier molecular flexibility index (Phi) is 4.09. The van der Waals surface area contributed by atoms with Crippen molar-refractivity contribution in [2.24, 2.45) is 11.7 Å². The molecule has 108 valence electrons. The van der Waals surface area contributed by atoms with Crippen LogP contribution in [0.3, 0.4) is 0 Å². The second-order valence-corrected chi connectivity index (χ2v) is 6.13. The Hall–Kier alpha value is -1.31. The lowest BCUT2D eigenvalue weighted by molar-refractivity contribution is 0.172. The van der Waals surface area contributed by atoms with Gasteiger partial charge in [0.25, 0.3) is 5.56 Å². The number of piperidine rings is 1. The van der Waals surface area contributed by atoms with Crippen LogP contribution in [0.2, 0.25) is 0 Å². The molecular formula is C13H19N5OS. The summed E-state index contributed by atoms with van der Waals surface area (Å²) in [6, 6.07) is 1.60. The van der Waals surface area contributed by atoms with E-state index in [1.807, 2.05) is 0 Å². The highest BCUT2D eigenvalue weighted by Crippen LogP contribution is 2.20. The summed E-state index contributed by atoms with van der Waals surface area (Å²) in [7, 11) is 0. The average molecular weight is 293 g/mol.